The summed E-state index contributed by atoms with van der Waals surface area (Å²) in [5, 5.41) is 1.03. The van der Waals surface area contributed by atoms with Crippen LogP contribution in [0.2, 0.25) is 0 Å². The van der Waals surface area contributed by atoms with E-state index in [4.69, 9.17) is 0 Å². The average molecular weight is 225 g/mol. The summed E-state index contributed by atoms with van der Waals surface area (Å²) in [6.07, 6.45) is 5.14. The maximum Gasteiger partial charge on any atom is 0.151 e. The van der Waals surface area contributed by atoms with Gasteiger partial charge in [-0.15, -0.1) is 0 Å². The molecule has 0 atom stereocenters. The van der Waals surface area contributed by atoms with E-state index in [1.54, 1.807) is 0 Å². The molecule has 1 aromatic carbocycles. The Kier molecular flexibility index (Phi) is 2.43. The number of nitrogens with zero attached hydrogens (tertiary/aromatic N) is 1. The van der Waals surface area contributed by atoms with E-state index in [1.807, 2.05) is 6.07 Å². The monoisotopic (exact) mass is 225 g/mol. The zero-order chi connectivity index (χ0) is 11.8. The van der Waals surface area contributed by atoms with Crippen molar-refractivity contribution in [2.45, 2.75) is 32.6 Å². The Morgan fingerprint density at radius 1 is 1.35 bits per heavy atom. The summed E-state index contributed by atoms with van der Waals surface area (Å²) in [6.45, 7) is 2.13. The third-order valence-electron chi connectivity index (χ3n) is 3.65. The van der Waals surface area contributed by atoms with Gasteiger partial charge in [0.2, 0.25) is 0 Å². The number of hydrogen-bond acceptors (Lipinski definition) is 2. The summed E-state index contributed by atoms with van der Waals surface area (Å²) < 4.78 is 0. The molecule has 0 amide bonds. The molecule has 0 radical (unpaired) electrons. The van der Waals surface area contributed by atoms with Crippen molar-refractivity contribution in [3.63, 3.8) is 0 Å². The molecule has 2 nitrogen and oxygen atoms in total. The summed E-state index contributed by atoms with van der Waals surface area (Å²) in [7, 11) is 0. The highest BCUT2D eigenvalue weighted by Gasteiger charge is 2.19. The topological polar surface area (TPSA) is 30.0 Å². The van der Waals surface area contributed by atoms with Crippen molar-refractivity contribution in [1.29, 1.82) is 0 Å². The van der Waals surface area contributed by atoms with Gasteiger partial charge >= 0.3 is 0 Å². The van der Waals surface area contributed by atoms with Crippen LogP contribution >= 0.6 is 0 Å². The molecule has 0 saturated heterocycles. The molecule has 1 heterocycles. The quantitative estimate of drug-likeness (QED) is 0.735. The van der Waals surface area contributed by atoms with Crippen molar-refractivity contribution >= 4 is 17.2 Å². The Morgan fingerprint density at radius 3 is 3.00 bits per heavy atom. The fourth-order valence-electron chi connectivity index (χ4n) is 2.70. The number of rotatable bonds is 2. The van der Waals surface area contributed by atoms with Crippen LogP contribution in [0.1, 0.15) is 40.5 Å². The van der Waals surface area contributed by atoms with Gasteiger partial charge in [0.05, 0.1) is 5.52 Å². The van der Waals surface area contributed by atoms with Crippen molar-refractivity contribution in [3.05, 3.63) is 40.6 Å². The van der Waals surface area contributed by atoms with Gasteiger partial charge in [0, 0.05) is 16.6 Å². The zero-order valence-electron chi connectivity index (χ0n) is 9.99. The number of aldehydes is 1. The minimum Gasteiger partial charge on any atom is -0.298 e. The molecule has 0 aliphatic heterocycles. The highest BCUT2D eigenvalue weighted by molar-refractivity contribution is 5.98. The van der Waals surface area contributed by atoms with Gasteiger partial charge in [-0.25, -0.2) is 0 Å². The molecule has 2 aromatic rings. The first-order valence-corrected chi connectivity index (χ1v) is 6.23. The number of hydrogen-bond donors (Lipinski definition) is 0. The molecule has 17 heavy (non-hydrogen) atoms. The lowest BCUT2D eigenvalue weighted by Gasteiger charge is -2.08. The first-order valence-electron chi connectivity index (χ1n) is 6.23. The molecule has 0 spiro atoms. The molecular weight excluding hydrogens is 210 g/mol. The van der Waals surface area contributed by atoms with E-state index in [9.17, 15) is 4.79 Å². The first kappa shape index (κ1) is 10.5. The van der Waals surface area contributed by atoms with Crippen LogP contribution in [-0.2, 0) is 19.3 Å². The number of carbonyl (C=O) groups is 1. The minimum absolute atomic E-state index is 0.873. The Bertz CT molecular complexity index is 601. The van der Waals surface area contributed by atoms with E-state index in [-0.39, 0.29) is 0 Å². The molecule has 3 rings (SSSR count). The summed E-state index contributed by atoms with van der Waals surface area (Å²) in [4.78, 5) is 16.0. The molecule has 0 saturated carbocycles. The van der Waals surface area contributed by atoms with Gasteiger partial charge in [-0.05, 0) is 48.9 Å². The predicted octanol–water partition coefficient (Wildman–Crippen LogP) is 3.10. The van der Waals surface area contributed by atoms with E-state index in [0.29, 0.717) is 0 Å². The zero-order valence-corrected chi connectivity index (χ0v) is 9.99. The van der Waals surface area contributed by atoms with Crippen LogP contribution in [0.3, 0.4) is 0 Å². The highest BCUT2D eigenvalue weighted by atomic mass is 16.1. The van der Waals surface area contributed by atoms with Crippen molar-refractivity contribution in [1.82, 2.24) is 4.98 Å². The highest BCUT2D eigenvalue weighted by Crippen LogP contribution is 2.29. The second kappa shape index (κ2) is 3.95. The number of benzene rings is 1. The number of aromatic nitrogens is 1. The van der Waals surface area contributed by atoms with Gasteiger partial charge in [0.25, 0.3) is 0 Å². The lowest BCUT2D eigenvalue weighted by Crippen LogP contribution is -1.98. The standard InChI is InChI=1S/C15H15NO/c1-2-10-6-7-15-12(8-10)13(9-17)11-4-3-5-14(11)16-15/h6-9H,2-5H2,1H3. The predicted molar refractivity (Wildman–Crippen MR) is 68.5 cm³/mol. The second-order valence-electron chi connectivity index (χ2n) is 4.63. The Balaban J connectivity index is 2.37. The summed E-state index contributed by atoms with van der Waals surface area (Å²) in [6, 6.07) is 6.26. The maximum absolute atomic E-state index is 11.4. The van der Waals surface area contributed by atoms with Crippen molar-refractivity contribution in [2.75, 3.05) is 0 Å². The molecule has 1 aliphatic rings. The Labute approximate surface area is 101 Å². The van der Waals surface area contributed by atoms with Gasteiger partial charge < -0.3 is 0 Å². The largest absolute Gasteiger partial charge is 0.298 e. The molecule has 2 heteroatoms. The SMILES string of the molecule is CCc1ccc2nc3c(c(C=O)c2c1)CCC3. The van der Waals surface area contributed by atoms with Crippen LogP contribution in [0.4, 0.5) is 0 Å². The molecule has 0 unspecified atom stereocenters. The van der Waals surface area contributed by atoms with E-state index >= 15 is 0 Å². The van der Waals surface area contributed by atoms with E-state index in [2.05, 4.69) is 24.0 Å². The van der Waals surface area contributed by atoms with E-state index < -0.39 is 0 Å². The lowest BCUT2D eigenvalue weighted by atomic mass is 10.00. The van der Waals surface area contributed by atoms with Crippen LogP contribution in [0.15, 0.2) is 18.2 Å². The minimum atomic E-state index is 0.873. The molecule has 0 N–H and O–H groups in total. The van der Waals surface area contributed by atoms with Crippen LogP contribution in [0, 0.1) is 0 Å². The normalized spacial score (nSPS) is 13.9. The molecular formula is C15H15NO. The Hall–Kier alpha value is -1.70. The third-order valence-corrected chi connectivity index (χ3v) is 3.65. The number of fused-ring (bicyclic) bond motifs is 2. The van der Waals surface area contributed by atoms with Crippen LogP contribution in [0.25, 0.3) is 10.9 Å². The molecule has 1 aromatic heterocycles. The lowest BCUT2D eigenvalue weighted by molar-refractivity contribution is 0.112. The third kappa shape index (κ3) is 1.55. The summed E-state index contributed by atoms with van der Waals surface area (Å²) >= 11 is 0. The fourth-order valence-corrected chi connectivity index (χ4v) is 2.70. The molecule has 0 fully saturated rings. The van der Waals surface area contributed by atoms with Gasteiger partial charge in [-0.1, -0.05) is 13.0 Å². The molecule has 1 aliphatic carbocycles. The number of aryl methyl sites for hydroxylation is 2. The van der Waals surface area contributed by atoms with Crippen molar-refractivity contribution < 1.29 is 4.79 Å². The number of pyridine rings is 1. The Morgan fingerprint density at radius 2 is 2.24 bits per heavy atom. The fraction of sp³-hybridized carbons (Fsp3) is 0.333. The average Bonchev–Trinajstić information content (AvgIpc) is 2.82. The van der Waals surface area contributed by atoms with E-state index in [1.165, 1.54) is 11.1 Å². The number of carbonyl (C=O) groups excluding carboxylic acids is 1. The van der Waals surface area contributed by atoms with Crippen LogP contribution in [-0.4, -0.2) is 11.3 Å². The van der Waals surface area contributed by atoms with E-state index in [0.717, 1.165) is 54.1 Å². The van der Waals surface area contributed by atoms with Gasteiger partial charge in [-0.2, -0.15) is 0 Å². The van der Waals surface area contributed by atoms with Crippen molar-refractivity contribution in [2.24, 2.45) is 0 Å². The molecule has 0 bridgehead atoms. The second-order valence-corrected chi connectivity index (χ2v) is 4.63. The summed E-state index contributed by atoms with van der Waals surface area (Å²) in [5.41, 5.74) is 5.41. The summed E-state index contributed by atoms with van der Waals surface area (Å²) in [5.74, 6) is 0. The van der Waals surface area contributed by atoms with Crippen LogP contribution < -0.4 is 0 Å². The maximum atomic E-state index is 11.4. The van der Waals surface area contributed by atoms with Crippen molar-refractivity contribution in [3.8, 4) is 0 Å². The van der Waals surface area contributed by atoms with Gasteiger partial charge in [0.1, 0.15) is 0 Å². The van der Waals surface area contributed by atoms with Gasteiger partial charge in [-0.3, -0.25) is 9.78 Å². The first-order chi connectivity index (χ1) is 8.33. The van der Waals surface area contributed by atoms with Crippen LogP contribution in [0.5, 0.6) is 0 Å². The molecule has 86 valence electrons. The van der Waals surface area contributed by atoms with Gasteiger partial charge in [0.15, 0.2) is 6.29 Å². The smallest absolute Gasteiger partial charge is 0.151 e.